The van der Waals surface area contributed by atoms with Gasteiger partial charge in [0.1, 0.15) is 0 Å². The zero-order valence-electron chi connectivity index (χ0n) is 5.92. The minimum absolute atomic E-state index is 0. The van der Waals surface area contributed by atoms with Gasteiger partial charge in [0.25, 0.3) is 0 Å². The molecule has 0 bridgehead atoms. The number of carbonyl (C=O) groups excluding carboxylic acids is 1. The first-order valence-corrected chi connectivity index (χ1v) is 1.06. The van der Waals surface area contributed by atoms with Crippen molar-refractivity contribution < 1.29 is 136 Å². The van der Waals surface area contributed by atoms with Crippen molar-refractivity contribution in [2.75, 3.05) is 0 Å². The third-order valence-electron chi connectivity index (χ3n) is 0. The molecule has 0 rings (SSSR count). The van der Waals surface area contributed by atoms with E-state index in [2.05, 4.69) is 6.92 Å². The molecule has 0 heterocycles. The van der Waals surface area contributed by atoms with Crippen LogP contribution in [0.15, 0.2) is 0 Å². The molecular formula is C4H8OY4-2. The molecule has 5 heteroatoms. The molecule has 0 fully saturated rings. The van der Waals surface area contributed by atoms with Gasteiger partial charge >= 0.3 is 0 Å². The van der Waals surface area contributed by atoms with Crippen molar-refractivity contribution in [3.63, 3.8) is 0 Å². The van der Waals surface area contributed by atoms with Crippen LogP contribution in [0.5, 0.6) is 0 Å². The van der Waals surface area contributed by atoms with Gasteiger partial charge in [-0.15, -0.1) is 0 Å². The molecular weight excluding hydrogens is 420 g/mol. The van der Waals surface area contributed by atoms with Crippen molar-refractivity contribution in [3.05, 3.63) is 14.4 Å². The summed E-state index contributed by atoms with van der Waals surface area (Å²) in [5.41, 5.74) is 0. The topological polar surface area (TPSA) is 17.1 Å². The summed E-state index contributed by atoms with van der Waals surface area (Å²) in [7, 11) is 0. The van der Waals surface area contributed by atoms with Crippen LogP contribution in [-0.2, 0) is 136 Å². The van der Waals surface area contributed by atoms with E-state index in [0.717, 1.165) is 0 Å². The summed E-state index contributed by atoms with van der Waals surface area (Å²) in [6, 6.07) is 0. The Morgan fingerprint density at radius 3 is 1.11 bits per heavy atom. The fraction of sp³-hybridized carbons (Fsp3) is 0.250. The molecule has 44 valence electrons. The molecule has 0 amide bonds. The quantitative estimate of drug-likeness (QED) is 0.524. The van der Waals surface area contributed by atoms with Gasteiger partial charge in [-0.3, -0.25) is 0 Å². The van der Waals surface area contributed by atoms with Crippen molar-refractivity contribution in [1.82, 2.24) is 0 Å². The van der Waals surface area contributed by atoms with Gasteiger partial charge < -0.3 is 19.1 Å². The fourth-order valence-corrected chi connectivity index (χ4v) is 0. The van der Waals surface area contributed by atoms with Crippen LogP contribution in [0, 0.1) is 14.4 Å². The molecule has 0 unspecified atom stereocenters. The summed E-state index contributed by atoms with van der Waals surface area (Å²) in [5, 5.41) is 0. The molecule has 0 spiro atoms. The third-order valence-corrected chi connectivity index (χ3v) is 0. The number of rotatable bonds is 0. The maximum Gasteiger partial charge on any atom is 0 e. The first-order valence-electron chi connectivity index (χ1n) is 1.06. The van der Waals surface area contributed by atoms with Crippen LogP contribution in [0.2, 0.25) is 0 Å². The number of hydrogen-bond donors (Lipinski definition) is 0. The molecule has 0 aromatic rings. The van der Waals surface area contributed by atoms with Gasteiger partial charge in [-0.05, 0) is 12.7 Å². The Morgan fingerprint density at radius 1 is 1.11 bits per heavy atom. The molecule has 0 aromatic carbocycles. The summed E-state index contributed by atoms with van der Waals surface area (Å²) in [4.78, 5) is 9.33. The van der Waals surface area contributed by atoms with Crippen molar-refractivity contribution in [1.29, 1.82) is 0 Å². The van der Waals surface area contributed by atoms with E-state index in [4.69, 9.17) is 0 Å². The summed E-state index contributed by atoms with van der Waals surface area (Å²) in [6.07, 6.45) is 0. The molecule has 0 atom stereocenters. The standard InChI is InChI=1S/C3H5O.CH3.4Y/c1-3(2)4;;;;;/h1H2,2H3;1H3;;;;/q2*-1;;;;. The van der Waals surface area contributed by atoms with Crippen LogP contribution >= 0.6 is 0 Å². The molecule has 4 radical (unpaired) electrons. The normalized spacial score (nSPS) is 2.78. The monoisotopic (exact) mass is 428 g/mol. The van der Waals surface area contributed by atoms with Crippen LogP contribution in [0.3, 0.4) is 0 Å². The van der Waals surface area contributed by atoms with Gasteiger partial charge in [-0.1, -0.05) is 0 Å². The molecule has 9 heavy (non-hydrogen) atoms. The van der Waals surface area contributed by atoms with E-state index in [0.29, 0.717) is 0 Å². The van der Waals surface area contributed by atoms with Crippen molar-refractivity contribution in [2.45, 2.75) is 6.92 Å². The molecule has 0 saturated carbocycles. The second kappa shape index (κ2) is 29.7. The Hall–Kier alpha value is 3.96. The van der Waals surface area contributed by atoms with Gasteiger partial charge in [-0.2, -0.15) is 0 Å². The zero-order valence-corrected chi connectivity index (χ0v) is 17.3. The largest absolute Gasteiger partial charge is 0.358 e. The van der Waals surface area contributed by atoms with Gasteiger partial charge in [0.05, 0.1) is 0 Å². The fourth-order valence-electron chi connectivity index (χ4n) is 0. The molecule has 0 aliphatic rings. The second-order valence-corrected chi connectivity index (χ2v) is 0.702. The van der Waals surface area contributed by atoms with E-state index in [1.807, 2.05) is 0 Å². The average Bonchev–Trinajstić information content (AvgIpc) is 0.811. The molecule has 0 N–H and O–H groups in total. The van der Waals surface area contributed by atoms with Crippen LogP contribution < -0.4 is 0 Å². The van der Waals surface area contributed by atoms with Crippen LogP contribution in [0.25, 0.3) is 0 Å². The maximum absolute atomic E-state index is 9.33. The predicted molar refractivity (Wildman–Crippen MR) is 22.5 cm³/mol. The van der Waals surface area contributed by atoms with Crippen molar-refractivity contribution in [2.24, 2.45) is 0 Å². The number of Topliss-reactive ketones (excluding diaryl/α,β-unsaturated/α-hetero) is 1. The van der Waals surface area contributed by atoms with Gasteiger partial charge in [0, 0.05) is 131 Å². The van der Waals surface area contributed by atoms with Gasteiger partial charge in [-0.25, -0.2) is 0 Å². The average molecular weight is 428 g/mol. The Labute approximate surface area is 159 Å². The summed E-state index contributed by atoms with van der Waals surface area (Å²) in [5.74, 6) is -0.0833. The SMILES string of the molecule is [CH2-]C(C)=O.[CH3-].[Y].[Y].[Y].[Y]. The van der Waals surface area contributed by atoms with E-state index in [1.165, 1.54) is 6.92 Å². The molecule has 1 nitrogen and oxygen atoms in total. The van der Waals surface area contributed by atoms with Crippen LogP contribution in [0.1, 0.15) is 6.92 Å². The smallest absolute Gasteiger partial charge is 0 e. The Bertz CT molecular complexity index is 35.5. The number of ketones is 1. The van der Waals surface area contributed by atoms with E-state index < -0.39 is 0 Å². The molecule has 0 aliphatic carbocycles. The molecule has 0 aromatic heterocycles. The Morgan fingerprint density at radius 2 is 1.11 bits per heavy atom. The first-order chi connectivity index (χ1) is 1.73. The Kier molecular flexibility index (Phi) is 126. The minimum atomic E-state index is -0.0833. The van der Waals surface area contributed by atoms with E-state index in [1.54, 1.807) is 0 Å². The number of carbonyl (C=O) groups is 1. The predicted octanol–water partition coefficient (Wildman–Crippen LogP) is 0.850. The molecule has 0 aliphatic heterocycles. The molecule has 0 saturated heterocycles. The van der Waals surface area contributed by atoms with E-state index in [-0.39, 0.29) is 144 Å². The third kappa shape index (κ3) is 75.7. The second-order valence-electron chi connectivity index (χ2n) is 0.702. The van der Waals surface area contributed by atoms with Gasteiger partial charge in [0.2, 0.25) is 0 Å². The zero-order chi connectivity index (χ0) is 3.58. The van der Waals surface area contributed by atoms with E-state index in [9.17, 15) is 4.79 Å². The van der Waals surface area contributed by atoms with Crippen molar-refractivity contribution >= 4 is 5.78 Å². The Balaban J connectivity index is -0.00000000450. The summed E-state index contributed by atoms with van der Waals surface area (Å²) >= 11 is 0. The minimum Gasteiger partial charge on any atom is -0.358 e. The summed E-state index contributed by atoms with van der Waals surface area (Å²) in [6.45, 7) is 4.42. The first kappa shape index (κ1) is 38.3. The van der Waals surface area contributed by atoms with Gasteiger partial charge in [0.15, 0.2) is 0 Å². The van der Waals surface area contributed by atoms with Crippen LogP contribution in [0.4, 0.5) is 0 Å². The van der Waals surface area contributed by atoms with Crippen LogP contribution in [-0.4, -0.2) is 5.78 Å². The maximum atomic E-state index is 9.33. The van der Waals surface area contributed by atoms with E-state index >= 15 is 0 Å². The number of hydrogen-bond acceptors (Lipinski definition) is 1. The summed E-state index contributed by atoms with van der Waals surface area (Å²) < 4.78 is 0. The van der Waals surface area contributed by atoms with Crippen molar-refractivity contribution in [3.8, 4) is 0 Å².